The molecule has 0 radical (unpaired) electrons. The van der Waals surface area contributed by atoms with Gasteiger partial charge in [0.1, 0.15) is 5.82 Å². The van der Waals surface area contributed by atoms with E-state index < -0.39 is 0 Å². The van der Waals surface area contributed by atoms with Crippen molar-refractivity contribution in [2.75, 3.05) is 43.9 Å². The molecule has 0 amide bonds. The minimum atomic E-state index is -0.350. The molecule has 1 fully saturated rings. The first-order valence-corrected chi connectivity index (χ1v) is 12.2. The molecule has 0 atom stereocenters. The molecule has 1 saturated heterocycles. The number of thioether (sulfide) groups is 1. The smallest absolute Gasteiger partial charge is 0.196 e. The number of hydrogen-bond donors (Lipinski definition) is 0. The van der Waals surface area contributed by atoms with E-state index in [0.29, 0.717) is 22.2 Å². The van der Waals surface area contributed by atoms with Crippen molar-refractivity contribution in [2.24, 2.45) is 0 Å². The van der Waals surface area contributed by atoms with Gasteiger partial charge in [0, 0.05) is 55.8 Å². The minimum Gasteiger partial charge on any atom is -0.366 e. The first-order valence-electron chi connectivity index (χ1n) is 11.2. The number of anilines is 1. The average molecular weight is 464 g/mol. The van der Waals surface area contributed by atoms with E-state index in [9.17, 15) is 9.59 Å². The number of carbonyl (C=O) groups is 1. The van der Waals surface area contributed by atoms with Crippen LogP contribution in [0.3, 0.4) is 0 Å². The van der Waals surface area contributed by atoms with Crippen LogP contribution in [0.1, 0.15) is 21.5 Å². The highest BCUT2D eigenvalue weighted by Crippen LogP contribution is 2.41. The maximum absolute atomic E-state index is 15.4. The molecule has 0 aliphatic carbocycles. The van der Waals surface area contributed by atoms with Crippen molar-refractivity contribution in [3.8, 4) is 0 Å². The molecular formula is C26H26FN3O2S. The number of benzene rings is 2. The quantitative estimate of drug-likeness (QED) is 0.429. The van der Waals surface area contributed by atoms with Crippen LogP contribution >= 0.6 is 11.8 Å². The summed E-state index contributed by atoms with van der Waals surface area (Å²) < 4.78 is 17.4. The number of pyridine rings is 1. The zero-order valence-electron chi connectivity index (χ0n) is 18.8. The predicted octanol–water partition coefficient (Wildman–Crippen LogP) is 4.20. The van der Waals surface area contributed by atoms with E-state index in [-0.39, 0.29) is 17.0 Å². The summed E-state index contributed by atoms with van der Waals surface area (Å²) >= 11 is 1.62. The Morgan fingerprint density at radius 1 is 1.09 bits per heavy atom. The second-order valence-electron chi connectivity index (χ2n) is 8.74. The number of carbonyl (C=O) groups excluding carboxylic acids is 1. The van der Waals surface area contributed by atoms with Gasteiger partial charge in [-0.2, -0.15) is 0 Å². The molecule has 33 heavy (non-hydrogen) atoms. The molecule has 0 spiro atoms. The summed E-state index contributed by atoms with van der Waals surface area (Å²) in [6.07, 6.45) is 4.79. The van der Waals surface area contributed by atoms with Gasteiger partial charge < -0.3 is 14.4 Å². The second-order valence-corrected chi connectivity index (χ2v) is 9.85. The summed E-state index contributed by atoms with van der Waals surface area (Å²) in [6.45, 7) is 5.99. The Kier molecular flexibility index (Phi) is 5.85. The lowest BCUT2D eigenvalue weighted by molar-refractivity contribution is 0.104. The van der Waals surface area contributed by atoms with Crippen LogP contribution in [0.25, 0.3) is 17.0 Å². The van der Waals surface area contributed by atoms with E-state index in [2.05, 4.69) is 16.8 Å². The van der Waals surface area contributed by atoms with Crippen LogP contribution in [-0.2, 0) is 6.54 Å². The molecule has 3 aromatic rings. The lowest BCUT2D eigenvalue weighted by Gasteiger charge is -2.36. The summed E-state index contributed by atoms with van der Waals surface area (Å²) in [5, 5.41) is 0.373. The van der Waals surface area contributed by atoms with Gasteiger partial charge in [-0.3, -0.25) is 9.59 Å². The highest BCUT2D eigenvalue weighted by Gasteiger charge is 2.27. The Hall–Kier alpha value is -2.90. The number of piperazine rings is 1. The van der Waals surface area contributed by atoms with Crippen molar-refractivity contribution in [2.45, 2.75) is 18.4 Å². The molecular weight excluding hydrogens is 437 g/mol. The van der Waals surface area contributed by atoms with Crippen molar-refractivity contribution in [3.05, 3.63) is 75.3 Å². The van der Waals surface area contributed by atoms with E-state index in [1.807, 2.05) is 23.6 Å². The average Bonchev–Trinajstić information content (AvgIpc) is 2.81. The van der Waals surface area contributed by atoms with Gasteiger partial charge in [0.25, 0.3) is 0 Å². The number of allylic oxidation sites excluding steroid dienone is 1. The minimum absolute atomic E-state index is 0.166. The summed E-state index contributed by atoms with van der Waals surface area (Å²) in [5.74, 6) is 0.290. The lowest BCUT2D eigenvalue weighted by Crippen LogP contribution is -2.45. The SMILES string of the molecule is Cc1ccc(C(=O)/C=C/c2cn3c4c(c(N5CCN(C)CC5)c(F)cc4c2=O)SCC3)cc1. The number of halogens is 1. The molecule has 5 nitrogen and oxygen atoms in total. The van der Waals surface area contributed by atoms with Crippen LogP contribution in [0.2, 0.25) is 0 Å². The molecule has 0 N–H and O–H groups in total. The number of nitrogens with zero attached hydrogens (tertiary/aromatic N) is 3. The number of hydrogen-bond acceptors (Lipinski definition) is 5. The van der Waals surface area contributed by atoms with Crippen molar-refractivity contribution < 1.29 is 9.18 Å². The Labute approximate surface area is 196 Å². The molecule has 7 heteroatoms. The standard InChI is InChI=1S/C26H26FN3O2S/c1-17-3-5-18(6-4-17)22(31)8-7-19-16-30-13-14-33-26-23(30)20(25(19)32)15-21(27)24(26)29-11-9-28(2)10-12-29/h3-8,15-16H,9-14H2,1-2H3/b8-7+. The monoisotopic (exact) mass is 463 g/mol. The highest BCUT2D eigenvalue weighted by molar-refractivity contribution is 7.99. The molecule has 0 bridgehead atoms. The van der Waals surface area contributed by atoms with Crippen molar-refractivity contribution >= 4 is 40.2 Å². The zero-order valence-corrected chi connectivity index (χ0v) is 19.6. The molecule has 1 aromatic heterocycles. The normalized spacial score (nSPS) is 16.6. The van der Waals surface area contributed by atoms with Crippen molar-refractivity contribution in [3.63, 3.8) is 0 Å². The third kappa shape index (κ3) is 4.11. The summed E-state index contributed by atoms with van der Waals surface area (Å²) in [4.78, 5) is 31.0. The molecule has 2 aliphatic heterocycles. The highest BCUT2D eigenvalue weighted by atomic mass is 32.2. The molecule has 0 unspecified atom stereocenters. The van der Waals surface area contributed by atoms with Gasteiger partial charge in [-0.1, -0.05) is 29.8 Å². The summed E-state index contributed by atoms with van der Waals surface area (Å²) in [5.41, 5.74) is 3.21. The maximum atomic E-state index is 15.4. The molecule has 2 aliphatic rings. The molecule has 0 saturated carbocycles. The third-order valence-corrected chi connectivity index (χ3v) is 7.48. The van der Waals surface area contributed by atoms with Gasteiger partial charge >= 0.3 is 0 Å². The Bertz CT molecular complexity index is 1320. The fourth-order valence-electron chi connectivity index (χ4n) is 4.49. The Morgan fingerprint density at radius 2 is 1.82 bits per heavy atom. The number of rotatable bonds is 4. The van der Waals surface area contributed by atoms with Gasteiger partial charge in [0.2, 0.25) is 0 Å². The maximum Gasteiger partial charge on any atom is 0.196 e. The molecule has 3 heterocycles. The molecule has 170 valence electrons. The number of likely N-dealkylation sites (N-methyl/N-ethyl adjacent to an activating group) is 1. The predicted molar refractivity (Wildman–Crippen MR) is 133 cm³/mol. The second kappa shape index (κ2) is 8.80. The van der Waals surface area contributed by atoms with Crippen LogP contribution in [-0.4, -0.2) is 54.2 Å². The first-order chi connectivity index (χ1) is 15.9. The van der Waals surface area contributed by atoms with Crippen LogP contribution in [0.15, 0.2) is 52.3 Å². The zero-order chi connectivity index (χ0) is 23.1. The van der Waals surface area contributed by atoms with Gasteiger partial charge in [-0.05, 0) is 32.2 Å². The van der Waals surface area contributed by atoms with E-state index in [4.69, 9.17) is 0 Å². The number of aryl methyl sites for hydroxylation is 2. The molecule has 5 rings (SSSR count). The van der Waals surface area contributed by atoms with Crippen LogP contribution < -0.4 is 10.3 Å². The fraction of sp³-hybridized carbons (Fsp3) is 0.308. The third-order valence-electron chi connectivity index (χ3n) is 6.42. The van der Waals surface area contributed by atoms with E-state index in [1.165, 1.54) is 12.1 Å². The Morgan fingerprint density at radius 3 is 2.55 bits per heavy atom. The van der Waals surface area contributed by atoms with Gasteiger partial charge in [0.05, 0.1) is 21.5 Å². The largest absolute Gasteiger partial charge is 0.366 e. The van der Waals surface area contributed by atoms with Crippen LogP contribution in [0.5, 0.6) is 0 Å². The van der Waals surface area contributed by atoms with Gasteiger partial charge in [0.15, 0.2) is 11.2 Å². The van der Waals surface area contributed by atoms with Crippen molar-refractivity contribution in [1.82, 2.24) is 9.47 Å². The topological polar surface area (TPSA) is 45.6 Å². The van der Waals surface area contributed by atoms with Crippen molar-refractivity contribution in [1.29, 1.82) is 0 Å². The van der Waals surface area contributed by atoms with E-state index >= 15 is 4.39 Å². The lowest BCUT2D eigenvalue weighted by atomic mass is 10.1. The van der Waals surface area contributed by atoms with E-state index in [1.54, 1.807) is 36.2 Å². The van der Waals surface area contributed by atoms with Gasteiger partial charge in [-0.25, -0.2) is 4.39 Å². The van der Waals surface area contributed by atoms with Gasteiger partial charge in [-0.15, -0.1) is 11.8 Å². The van der Waals surface area contributed by atoms with E-state index in [0.717, 1.165) is 54.5 Å². The Balaban J connectivity index is 1.56. The van der Waals surface area contributed by atoms with Crippen LogP contribution in [0, 0.1) is 12.7 Å². The number of ketones is 1. The number of aromatic nitrogens is 1. The molecule has 2 aromatic carbocycles. The summed E-state index contributed by atoms with van der Waals surface area (Å²) in [7, 11) is 2.07. The summed E-state index contributed by atoms with van der Waals surface area (Å²) in [6, 6.07) is 8.71. The fourth-order valence-corrected chi connectivity index (χ4v) is 5.71. The van der Waals surface area contributed by atoms with Crippen LogP contribution in [0.4, 0.5) is 10.1 Å². The first kappa shape index (κ1) is 21.9.